The first-order valence-corrected chi connectivity index (χ1v) is 17.1. The second kappa shape index (κ2) is 10.1. The number of aromatic nitrogens is 2. The summed E-state index contributed by atoms with van der Waals surface area (Å²) in [4.78, 5) is 23.5. The Morgan fingerprint density at radius 1 is 1.17 bits per heavy atom. The standard InChI is InChI=1S/C36H34Cl2FN3O5/c1-42-15-22(33(45)40-14-28(43)44)21-8-5-18(9-27(21)42)10-35-12-20-11-34(39,13-24-32(35)36(20,24)35)17-46-16-23-30(41-47-31(23)19-6-7-19)29-25(37)3-2-4-26(29)38/h2-5,8-9,15,19-20,24,32H,6-7,10-14,16-17H2,1H3,(H,40,45)(H,43,44)/t20?,24?,32?,34?,35-,36?/m1/s1. The molecule has 5 aliphatic rings. The highest BCUT2D eigenvalue weighted by Gasteiger charge is 3.02. The van der Waals surface area contributed by atoms with Crippen molar-refractivity contribution in [2.45, 2.75) is 56.7 Å². The highest BCUT2D eigenvalue weighted by atomic mass is 35.5. The van der Waals surface area contributed by atoms with Gasteiger partial charge in [0.1, 0.15) is 23.7 Å². The van der Waals surface area contributed by atoms with E-state index < -0.39 is 24.1 Å². The Labute approximate surface area is 280 Å². The number of nitrogens with zero attached hydrogens (tertiary/aromatic N) is 2. The fraction of sp³-hybridized carbons (Fsp3) is 0.472. The van der Waals surface area contributed by atoms with Gasteiger partial charge in [-0.25, -0.2) is 4.39 Å². The average molecular weight is 679 g/mol. The highest BCUT2D eigenvalue weighted by Crippen LogP contribution is 3.05. The summed E-state index contributed by atoms with van der Waals surface area (Å²) >= 11 is 13.0. The van der Waals surface area contributed by atoms with Crippen LogP contribution in [0.1, 0.15) is 65.3 Å². The molecule has 2 aromatic heterocycles. The number of nitrogens with one attached hydrogen (secondary N) is 1. The fourth-order valence-electron chi connectivity index (χ4n) is 10.2. The Hall–Kier alpha value is -3.40. The lowest BCUT2D eigenvalue weighted by Crippen LogP contribution is -2.52. The Balaban J connectivity index is 0.858. The first-order chi connectivity index (χ1) is 22.6. The molecule has 0 saturated heterocycles. The van der Waals surface area contributed by atoms with Gasteiger partial charge < -0.3 is 24.3 Å². The quantitative estimate of drug-likeness (QED) is 0.172. The zero-order valence-electron chi connectivity index (χ0n) is 25.8. The van der Waals surface area contributed by atoms with Gasteiger partial charge in [0.2, 0.25) is 0 Å². The molecule has 8 nitrogen and oxygen atoms in total. The summed E-state index contributed by atoms with van der Waals surface area (Å²) < 4.78 is 30.3. The summed E-state index contributed by atoms with van der Waals surface area (Å²) in [5.74, 6) is 1.01. The third kappa shape index (κ3) is 4.25. The van der Waals surface area contributed by atoms with Crippen LogP contribution in [0.3, 0.4) is 0 Å². The number of alkyl halides is 1. The van der Waals surface area contributed by atoms with Gasteiger partial charge in [-0.1, -0.05) is 46.6 Å². The van der Waals surface area contributed by atoms with Crippen molar-refractivity contribution in [2.24, 2.45) is 35.6 Å². The molecule has 47 heavy (non-hydrogen) atoms. The van der Waals surface area contributed by atoms with Crippen molar-refractivity contribution in [1.29, 1.82) is 0 Å². The third-order valence-electron chi connectivity index (χ3n) is 12.1. The van der Waals surface area contributed by atoms with Gasteiger partial charge in [-0.15, -0.1) is 0 Å². The van der Waals surface area contributed by atoms with Crippen molar-refractivity contribution in [2.75, 3.05) is 13.2 Å². The van der Waals surface area contributed by atoms with Crippen LogP contribution in [0.25, 0.3) is 22.2 Å². The first-order valence-electron chi connectivity index (χ1n) is 16.3. The number of benzene rings is 2. The van der Waals surface area contributed by atoms with Gasteiger partial charge >= 0.3 is 5.97 Å². The molecular formula is C36H34Cl2FN3O5. The van der Waals surface area contributed by atoms with Crippen molar-refractivity contribution < 1.29 is 28.3 Å². The molecule has 5 unspecified atom stereocenters. The molecule has 0 aliphatic heterocycles. The van der Waals surface area contributed by atoms with Crippen LogP contribution in [0, 0.1) is 28.6 Å². The van der Waals surface area contributed by atoms with E-state index in [1.165, 1.54) is 5.56 Å². The minimum absolute atomic E-state index is 0.0489. The summed E-state index contributed by atoms with van der Waals surface area (Å²) in [5.41, 5.74) is 3.87. The number of ether oxygens (including phenoxy) is 1. The predicted octanol–water partition coefficient (Wildman–Crippen LogP) is 7.35. The molecule has 2 heterocycles. The van der Waals surface area contributed by atoms with Gasteiger partial charge in [-0.2, -0.15) is 0 Å². The number of amides is 1. The number of halogens is 3. The van der Waals surface area contributed by atoms with Crippen molar-refractivity contribution in [3.8, 4) is 11.3 Å². The molecule has 2 aromatic carbocycles. The molecule has 5 aliphatic carbocycles. The van der Waals surface area contributed by atoms with Crippen LogP contribution in [0.2, 0.25) is 10.0 Å². The number of carboxylic acids is 1. The Morgan fingerprint density at radius 2 is 1.96 bits per heavy atom. The molecule has 0 bridgehead atoms. The van der Waals surface area contributed by atoms with Crippen LogP contribution >= 0.6 is 23.2 Å². The van der Waals surface area contributed by atoms with E-state index in [2.05, 4.69) is 22.6 Å². The summed E-state index contributed by atoms with van der Waals surface area (Å²) in [7, 11) is 1.90. The van der Waals surface area contributed by atoms with Crippen LogP contribution in [0.15, 0.2) is 47.1 Å². The Bertz CT molecular complexity index is 1980. The Kier molecular flexibility index (Phi) is 6.36. The number of carboxylic acid groups (broad SMARTS) is 1. The lowest BCUT2D eigenvalue weighted by atomic mass is 9.52. The minimum Gasteiger partial charge on any atom is -0.480 e. The lowest BCUT2D eigenvalue weighted by molar-refractivity contribution is -0.135. The third-order valence-corrected chi connectivity index (χ3v) is 12.7. The SMILES string of the molecule is Cn1cc(C(=O)NCC(=O)O)c2ccc(C[C@@]34CC5CC(F)(COCc6c(-c7c(Cl)cccc7Cl)noc6C6CC6)CC6C3C564)cc21. The second-order valence-electron chi connectivity index (χ2n) is 14.6. The van der Waals surface area contributed by atoms with Crippen LogP contribution < -0.4 is 5.32 Å². The fourth-order valence-corrected chi connectivity index (χ4v) is 10.8. The number of aliphatic carboxylic acids is 1. The van der Waals surface area contributed by atoms with Gasteiger partial charge in [0.15, 0.2) is 0 Å². The number of hydrogen-bond acceptors (Lipinski definition) is 5. The molecule has 2 N–H and O–H groups in total. The number of carbonyl (C=O) groups excluding carboxylic acids is 1. The number of carbonyl (C=O) groups is 2. The minimum atomic E-state index is -1.35. The van der Waals surface area contributed by atoms with E-state index in [1.807, 2.05) is 17.7 Å². The molecule has 1 spiro atoms. The first kappa shape index (κ1) is 29.7. The van der Waals surface area contributed by atoms with E-state index in [-0.39, 0.29) is 24.0 Å². The maximum Gasteiger partial charge on any atom is 0.322 e. The topological polar surface area (TPSA) is 107 Å². The van der Waals surface area contributed by atoms with Gasteiger partial charge in [0, 0.05) is 41.2 Å². The maximum absolute atomic E-state index is 16.4. The second-order valence-corrected chi connectivity index (χ2v) is 15.4. The summed E-state index contributed by atoms with van der Waals surface area (Å²) in [5, 5.41) is 17.5. The van der Waals surface area contributed by atoms with E-state index in [0.29, 0.717) is 63.4 Å². The van der Waals surface area contributed by atoms with E-state index in [0.717, 1.165) is 47.9 Å². The summed E-state index contributed by atoms with van der Waals surface area (Å²) in [6.07, 6.45) is 6.91. The lowest BCUT2D eigenvalue weighted by Gasteiger charge is -2.54. The largest absolute Gasteiger partial charge is 0.480 e. The van der Waals surface area contributed by atoms with Gasteiger partial charge in [0.25, 0.3) is 5.91 Å². The Morgan fingerprint density at radius 3 is 2.68 bits per heavy atom. The van der Waals surface area contributed by atoms with Crippen LogP contribution in [-0.2, 0) is 29.6 Å². The van der Waals surface area contributed by atoms with Crippen LogP contribution in [-0.4, -0.2) is 45.5 Å². The monoisotopic (exact) mass is 677 g/mol. The molecule has 9 rings (SSSR count). The highest BCUT2D eigenvalue weighted by molar-refractivity contribution is 6.39. The number of aryl methyl sites for hydroxylation is 1. The molecule has 5 fully saturated rings. The van der Waals surface area contributed by atoms with Crippen molar-refractivity contribution in [3.63, 3.8) is 0 Å². The van der Waals surface area contributed by atoms with Crippen LogP contribution in [0.5, 0.6) is 0 Å². The average Bonchev–Trinajstić information content (AvgIpc) is 3.97. The molecule has 6 atom stereocenters. The zero-order valence-corrected chi connectivity index (χ0v) is 27.3. The predicted molar refractivity (Wildman–Crippen MR) is 173 cm³/mol. The normalized spacial score (nSPS) is 31.2. The van der Waals surface area contributed by atoms with Gasteiger partial charge in [-0.3, -0.25) is 9.59 Å². The number of hydrogen-bond donors (Lipinski definition) is 2. The maximum atomic E-state index is 16.4. The van der Waals surface area contributed by atoms with E-state index in [1.54, 1.807) is 24.4 Å². The molecule has 244 valence electrons. The summed E-state index contributed by atoms with van der Waals surface area (Å²) in [6.45, 7) is -0.166. The molecule has 4 aromatic rings. The van der Waals surface area contributed by atoms with Crippen molar-refractivity contribution >= 4 is 46.0 Å². The van der Waals surface area contributed by atoms with Gasteiger partial charge in [0.05, 0.1) is 28.8 Å². The zero-order chi connectivity index (χ0) is 32.5. The number of rotatable bonds is 11. The number of fused-ring (bicyclic) bond motifs is 3. The molecule has 11 heteroatoms. The molecular weight excluding hydrogens is 644 g/mol. The van der Waals surface area contributed by atoms with Crippen LogP contribution in [0.4, 0.5) is 4.39 Å². The van der Waals surface area contributed by atoms with Crippen molar-refractivity contribution in [1.82, 2.24) is 15.0 Å². The smallest absolute Gasteiger partial charge is 0.322 e. The molecule has 0 radical (unpaired) electrons. The van der Waals surface area contributed by atoms with E-state index >= 15 is 4.39 Å². The van der Waals surface area contributed by atoms with Gasteiger partial charge in [-0.05, 0) is 90.9 Å². The molecule has 1 amide bonds. The van der Waals surface area contributed by atoms with E-state index in [4.69, 9.17) is 37.6 Å². The summed E-state index contributed by atoms with van der Waals surface area (Å²) in [6, 6.07) is 11.5. The van der Waals surface area contributed by atoms with E-state index in [9.17, 15) is 9.59 Å². The molecule has 5 saturated carbocycles. The van der Waals surface area contributed by atoms with Crippen molar-refractivity contribution in [3.05, 3.63) is 75.1 Å².